The average molecular weight is 1680 g/mol. The number of hydrogen-bond acceptors (Lipinski definition) is 13. The van der Waals surface area contributed by atoms with Crippen molar-refractivity contribution in [2.45, 2.75) is 131 Å². The predicted molar refractivity (Wildman–Crippen MR) is 395 cm³/mol. The SMILES string of the molecule is CCOC(=O)C1(Sc2ccnc3ccc(C(F)(F)F)cc23)CCC1.FC(F)(F)c1ccc2[nH]ccc(=S)c2c1.FC(F)(F)c1ccc2nccc(Cl)c2c1.O=C(O)C1(Sc2ccnc3ccc(C(F)(F)F)cc23)CCC1.O=C(O)C1(Sc2ccnc3ccc(C(F)(F)F)cc23)CCC1.O=c1cc[nH]c2ccc(C(F)(F)F)cc12. The number of ether oxygens (including phenoxy) is 1. The molecule has 12 aromatic rings. The Labute approximate surface area is 650 Å². The molecule has 0 amide bonds. The second-order valence-corrected chi connectivity index (χ2v) is 30.6. The zero-order valence-corrected chi connectivity index (χ0v) is 62.0. The third kappa shape index (κ3) is 20.5. The number of carbonyl (C=O) groups excluding carboxylic acids is 1. The summed E-state index contributed by atoms with van der Waals surface area (Å²) >= 11 is 14.3. The Morgan fingerprint density at radius 3 is 1.04 bits per heavy atom. The molecule has 0 saturated heterocycles. The molecule has 36 heteroatoms. The van der Waals surface area contributed by atoms with Crippen molar-refractivity contribution < 1.29 is 108 Å². The van der Waals surface area contributed by atoms with Crippen LogP contribution in [0.25, 0.3) is 65.4 Å². The average Bonchev–Trinajstić information content (AvgIpc) is 0.776. The van der Waals surface area contributed by atoms with Crippen LogP contribution in [0.5, 0.6) is 0 Å². The van der Waals surface area contributed by atoms with Gasteiger partial charge in [0.2, 0.25) is 0 Å². The van der Waals surface area contributed by atoms with Gasteiger partial charge in [-0.3, -0.25) is 39.1 Å². The van der Waals surface area contributed by atoms with E-state index < -0.39 is 102 Å². The molecule has 3 fully saturated rings. The number of fused-ring (bicyclic) bond motifs is 6. The van der Waals surface area contributed by atoms with E-state index in [9.17, 15) is 108 Å². The maximum Gasteiger partial charge on any atom is 0.416 e. The lowest BCUT2D eigenvalue weighted by atomic mass is 9.84. The highest BCUT2D eigenvalue weighted by atomic mass is 35.5. The quantitative estimate of drug-likeness (QED) is 0.0572. The first-order chi connectivity index (χ1) is 52.9. The number of carboxylic acid groups (broad SMARTS) is 2. The molecular weight excluding hydrogens is 1630 g/mol. The van der Waals surface area contributed by atoms with Crippen molar-refractivity contribution in [2.75, 3.05) is 6.61 Å². The number of halogens is 19. The van der Waals surface area contributed by atoms with E-state index in [0.717, 1.165) is 116 Å². The molecule has 0 aliphatic heterocycles. The normalized spacial score (nSPS) is 15.0. The fourth-order valence-electron chi connectivity index (χ4n) is 11.6. The predicted octanol–water partition coefficient (Wildman–Crippen LogP) is 23.9. The molecule has 3 aliphatic carbocycles. The minimum absolute atomic E-state index is 0.0484. The van der Waals surface area contributed by atoms with E-state index in [0.29, 0.717) is 118 Å². The van der Waals surface area contributed by atoms with Gasteiger partial charge in [0.05, 0.1) is 67.1 Å². The molecule has 113 heavy (non-hydrogen) atoms. The summed E-state index contributed by atoms with van der Waals surface area (Å²) in [4.78, 5) is 69.8. The Hall–Kier alpha value is -9.71. The Morgan fingerprint density at radius 1 is 0.416 bits per heavy atom. The van der Waals surface area contributed by atoms with Gasteiger partial charge in [0, 0.05) is 106 Å². The smallest absolute Gasteiger partial charge is 0.416 e. The van der Waals surface area contributed by atoms with Crippen molar-refractivity contribution >= 4 is 142 Å². The van der Waals surface area contributed by atoms with E-state index in [-0.39, 0.29) is 23.0 Å². The van der Waals surface area contributed by atoms with Crippen molar-refractivity contribution in [1.82, 2.24) is 29.9 Å². The van der Waals surface area contributed by atoms with E-state index in [2.05, 4.69) is 29.9 Å². The maximum absolute atomic E-state index is 13.0. The summed E-state index contributed by atoms with van der Waals surface area (Å²) in [6, 6.07) is 29.0. The van der Waals surface area contributed by atoms with Crippen LogP contribution in [0.3, 0.4) is 0 Å². The van der Waals surface area contributed by atoms with Gasteiger partial charge in [-0.25, -0.2) is 0 Å². The van der Waals surface area contributed by atoms with Crippen LogP contribution in [0.1, 0.15) is 98.1 Å². The molecule has 13 nitrogen and oxygen atoms in total. The second kappa shape index (κ2) is 34.2. The number of carbonyl (C=O) groups is 3. The number of pyridine rings is 6. The highest BCUT2D eigenvalue weighted by Crippen LogP contribution is 2.53. The number of aliphatic carboxylic acids is 2. The summed E-state index contributed by atoms with van der Waals surface area (Å²) in [5.74, 6) is -2.13. The first kappa shape index (κ1) is 85.7. The summed E-state index contributed by atoms with van der Waals surface area (Å²) < 4.78 is 231. The van der Waals surface area contributed by atoms with Crippen LogP contribution < -0.4 is 5.43 Å². The van der Waals surface area contributed by atoms with Crippen molar-refractivity contribution in [3.05, 3.63) is 236 Å². The number of nitrogens with one attached hydrogen (secondary N) is 2. The van der Waals surface area contributed by atoms with Gasteiger partial charge in [-0.1, -0.05) is 23.8 Å². The van der Waals surface area contributed by atoms with Gasteiger partial charge in [0.15, 0.2) is 5.43 Å². The number of alkyl halides is 18. The summed E-state index contributed by atoms with van der Waals surface area (Å²) in [6.45, 7) is 2.03. The molecule has 3 saturated carbocycles. The summed E-state index contributed by atoms with van der Waals surface area (Å²) in [5.41, 5.74) is -2.07. The minimum atomic E-state index is -4.44. The fourth-order valence-corrected chi connectivity index (χ4v) is 16.3. The first-order valence-electron chi connectivity index (χ1n) is 33.5. The van der Waals surface area contributed by atoms with Crippen LogP contribution in [0, 0.1) is 4.51 Å². The highest BCUT2D eigenvalue weighted by Gasteiger charge is 2.49. The van der Waals surface area contributed by atoms with Crippen LogP contribution in [0.15, 0.2) is 202 Å². The first-order valence-corrected chi connectivity index (χ1v) is 36.8. The number of benzene rings is 6. The van der Waals surface area contributed by atoms with Crippen LogP contribution in [-0.4, -0.2) is 78.9 Å². The van der Waals surface area contributed by atoms with Gasteiger partial charge >= 0.3 is 55.0 Å². The third-order valence-corrected chi connectivity index (χ3v) is 23.4. The molecule has 15 rings (SSSR count). The standard InChI is InChI=1S/C17H16F3NO2S.2C15H12F3NO2S.C10H5ClF3N.C10H6F3NO.C10H6F3NS/c1-2-23-15(22)16(7-3-8-16)24-14-6-9-21-13-5-4-11(10-12(13)14)17(18,19)20;2*16-15(17,18)9-2-3-11-10(8-9)12(4-7-19-11)22-14(13(20)21)5-1-6-14;11-8-3-4-15-9-2-1-6(5-7(8)9)10(12,13)14;2*11-10(12,13)6-1-2-8-7(5-6)9(15)3-4-14-8/h4-6,9-10H,2-3,7-8H2,1H3;2*2-4,7-8H,1,5-6H2,(H,20,21);1-5H;2*1-5H,(H,14,15). The number of nitrogens with zero attached hydrogens (tertiary/aromatic N) is 4. The fraction of sp³-hybridized carbons (Fsp3) is 0.260. The van der Waals surface area contributed by atoms with E-state index in [1.165, 1.54) is 85.1 Å². The maximum atomic E-state index is 13.0. The van der Waals surface area contributed by atoms with Crippen molar-refractivity contribution in [3.8, 4) is 0 Å². The zero-order chi connectivity index (χ0) is 82.4. The molecular formula is C77H57ClF18N6O7S4. The molecule has 6 aromatic carbocycles. The molecule has 3 aliphatic rings. The molecule has 6 aromatic heterocycles. The minimum Gasteiger partial charge on any atom is -0.480 e. The summed E-state index contributed by atoms with van der Waals surface area (Å²) in [5, 5.41) is 20.9. The van der Waals surface area contributed by atoms with Gasteiger partial charge in [-0.15, -0.1) is 35.3 Å². The number of aromatic amines is 2. The lowest BCUT2D eigenvalue weighted by Crippen LogP contribution is -2.43. The van der Waals surface area contributed by atoms with E-state index in [1.54, 1.807) is 43.6 Å². The number of carboxylic acids is 2. The number of hydrogen-bond donors (Lipinski definition) is 4. The van der Waals surface area contributed by atoms with Crippen LogP contribution >= 0.6 is 59.1 Å². The second-order valence-electron chi connectivity index (χ2n) is 25.5. The van der Waals surface area contributed by atoms with Gasteiger partial charge in [-0.2, -0.15) is 79.0 Å². The number of H-pyrrole nitrogens is 2. The molecule has 0 radical (unpaired) electrons. The molecule has 594 valence electrons. The molecule has 0 atom stereocenters. The lowest BCUT2D eigenvalue weighted by Gasteiger charge is -2.38. The van der Waals surface area contributed by atoms with Gasteiger partial charge in [0.25, 0.3) is 0 Å². The molecule has 4 N–H and O–H groups in total. The lowest BCUT2D eigenvalue weighted by molar-refractivity contribution is -0.148. The number of rotatable bonds is 10. The number of esters is 1. The van der Waals surface area contributed by atoms with E-state index in [4.69, 9.17) is 28.6 Å². The van der Waals surface area contributed by atoms with Gasteiger partial charge in [-0.05, 0) is 204 Å². The zero-order valence-electron chi connectivity index (χ0n) is 57.9. The largest absolute Gasteiger partial charge is 0.480 e. The third-order valence-electron chi connectivity index (χ3n) is 18.1. The van der Waals surface area contributed by atoms with Crippen LogP contribution in [0.2, 0.25) is 5.02 Å². The number of thioether (sulfide) groups is 3. The van der Waals surface area contributed by atoms with Crippen molar-refractivity contribution in [3.63, 3.8) is 0 Å². The van der Waals surface area contributed by atoms with Crippen molar-refractivity contribution in [2.24, 2.45) is 0 Å². The monoisotopic (exact) mass is 1680 g/mol. The van der Waals surface area contributed by atoms with Gasteiger partial charge in [0.1, 0.15) is 14.2 Å². The van der Waals surface area contributed by atoms with Crippen molar-refractivity contribution in [1.29, 1.82) is 0 Å². The van der Waals surface area contributed by atoms with E-state index in [1.807, 2.05) is 0 Å². The van der Waals surface area contributed by atoms with E-state index >= 15 is 0 Å². The van der Waals surface area contributed by atoms with Crippen LogP contribution in [0.4, 0.5) is 79.0 Å². The molecule has 0 bridgehead atoms. The molecule has 6 heterocycles. The molecule has 0 unspecified atom stereocenters. The number of aromatic nitrogens is 6. The Morgan fingerprint density at radius 2 is 0.708 bits per heavy atom. The van der Waals surface area contributed by atoms with Gasteiger partial charge < -0.3 is 24.9 Å². The Kier molecular flexibility index (Phi) is 25.9. The molecule has 0 spiro atoms. The Balaban J connectivity index is 0.000000145. The summed E-state index contributed by atoms with van der Waals surface area (Å²) in [7, 11) is 0. The van der Waals surface area contributed by atoms with Crippen LogP contribution in [-0.2, 0) is 56.2 Å². The topological polar surface area (TPSA) is 201 Å². The highest BCUT2D eigenvalue weighted by molar-refractivity contribution is 8.02. The summed E-state index contributed by atoms with van der Waals surface area (Å²) in [6.07, 6.45) is -11.4. The Bertz CT molecular complexity index is 5420.